The van der Waals surface area contributed by atoms with Crippen LogP contribution in [-0.4, -0.2) is 11.5 Å². The number of nitrogens with one attached hydrogen (secondary N) is 1. The van der Waals surface area contributed by atoms with Crippen molar-refractivity contribution in [2.75, 3.05) is 6.54 Å². The first kappa shape index (κ1) is 14.7. The van der Waals surface area contributed by atoms with E-state index in [4.69, 9.17) is 4.98 Å². The number of aromatic nitrogens is 1. The SMILES string of the molecule is CCNC(c1ccc(C2CC2)cc1)c1nc(CC)c(C)s1. The smallest absolute Gasteiger partial charge is 0.115 e. The lowest BCUT2D eigenvalue weighted by atomic mass is 10.0. The molecule has 2 nitrogen and oxygen atoms in total. The van der Waals surface area contributed by atoms with Crippen molar-refractivity contribution in [3.8, 4) is 0 Å². The molecule has 1 aliphatic rings. The Balaban J connectivity index is 1.88. The zero-order valence-electron chi connectivity index (χ0n) is 13.1. The normalized spacial score (nSPS) is 16.1. The number of rotatable bonds is 6. The van der Waals surface area contributed by atoms with E-state index in [1.165, 1.54) is 39.5 Å². The first-order valence-corrected chi connectivity index (χ1v) is 8.84. The molecule has 0 bridgehead atoms. The van der Waals surface area contributed by atoms with Gasteiger partial charge in [0.05, 0.1) is 11.7 Å². The van der Waals surface area contributed by atoms with Gasteiger partial charge in [-0.2, -0.15) is 0 Å². The van der Waals surface area contributed by atoms with Crippen LogP contribution >= 0.6 is 11.3 Å². The third-order valence-electron chi connectivity index (χ3n) is 4.22. The fourth-order valence-corrected chi connectivity index (χ4v) is 3.95. The second kappa shape index (κ2) is 6.29. The molecule has 1 heterocycles. The third-order valence-corrected chi connectivity index (χ3v) is 5.30. The van der Waals surface area contributed by atoms with Gasteiger partial charge in [0.25, 0.3) is 0 Å². The van der Waals surface area contributed by atoms with E-state index in [1.807, 2.05) is 11.3 Å². The molecule has 1 fully saturated rings. The third kappa shape index (κ3) is 3.19. The Hall–Kier alpha value is -1.19. The molecule has 1 unspecified atom stereocenters. The highest BCUT2D eigenvalue weighted by Crippen LogP contribution is 2.40. The molecule has 21 heavy (non-hydrogen) atoms. The number of hydrogen-bond donors (Lipinski definition) is 1. The van der Waals surface area contributed by atoms with Crippen molar-refractivity contribution in [2.45, 2.75) is 52.0 Å². The van der Waals surface area contributed by atoms with E-state index >= 15 is 0 Å². The molecule has 1 N–H and O–H groups in total. The van der Waals surface area contributed by atoms with Crippen molar-refractivity contribution in [3.05, 3.63) is 51.0 Å². The van der Waals surface area contributed by atoms with Gasteiger partial charge in [0, 0.05) is 4.88 Å². The molecule has 0 saturated heterocycles. The molecule has 0 spiro atoms. The van der Waals surface area contributed by atoms with Gasteiger partial charge in [-0.05, 0) is 49.8 Å². The van der Waals surface area contributed by atoms with Gasteiger partial charge in [0.15, 0.2) is 0 Å². The van der Waals surface area contributed by atoms with Gasteiger partial charge in [-0.15, -0.1) is 11.3 Å². The molecule has 2 aromatic rings. The van der Waals surface area contributed by atoms with Crippen LogP contribution in [0.15, 0.2) is 24.3 Å². The fourth-order valence-electron chi connectivity index (χ4n) is 2.83. The lowest BCUT2D eigenvalue weighted by molar-refractivity contribution is 0.625. The Kier molecular flexibility index (Phi) is 4.41. The first-order valence-electron chi connectivity index (χ1n) is 8.02. The van der Waals surface area contributed by atoms with Crippen molar-refractivity contribution < 1.29 is 0 Å². The van der Waals surface area contributed by atoms with E-state index in [1.54, 1.807) is 0 Å². The van der Waals surface area contributed by atoms with E-state index in [9.17, 15) is 0 Å². The second-order valence-corrected chi connectivity index (χ2v) is 7.07. The topological polar surface area (TPSA) is 24.9 Å². The Labute approximate surface area is 131 Å². The molecule has 3 heteroatoms. The Bertz CT molecular complexity index is 596. The summed E-state index contributed by atoms with van der Waals surface area (Å²) in [6, 6.07) is 9.40. The Morgan fingerprint density at radius 2 is 1.95 bits per heavy atom. The summed E-state index contributed by atoms with van der Waals surface area (Å²) in [5.41, 5.74) is 4.07. The maximum absolute atomic E-state index is 4.85. The predicted molar refractivity (Wildman–Crippen MR) is 90.2 cm³/mol. The molecule has 1 aliphatic carbocycles. The molecule has 1 atom stereocenters. The Morgan fingerprint density at radius 3 is 2.48 bits per heavy atom. The highest BCUT2D eigenvalue weighted by atomic mass is 32.1. The van der Waals surface area contributed by atoms with Crippen molar-refractivity contribution in [3.63, 3.8) is 0 Å². The minimum absolute atomic E-state index is 0.229. The number of nitrogens with zero attached hydrogens (tertiary/aromatic N) is 1. The monoisotopic (exact) mass is 300 g/mol. The van der Waals surface area contributed by atoms with E-state index < -0.39 is 0 Å². The summed E-state index contributed by atoms with van der Waals surface area (Å²) in [4.78, 5) is 6.20. The average molecular weight is 300 g/mol. The molecule has 112 valence electrons. The summed E-state index contributed by atoms with van der Waals surface area (Å²) in [7, 11) is 0. The summed E-state index contributed by atoms with van der Waals surface area (Å²) >= 11 is 1.83. The van der Waals surface area contributed by atoms with Crippen molar-refractivity contribution in [1.29, 1.82) is 0 Å². The molecular formula is C18H24N2S. The minimum Gasteiger partial charge on any atom is -0.305 e. The van der Waals surface area contributed by atoms with E-state index in [0.29, 0.717) is 0 Å². The van der Waals surface area contributed by atoms with Crippen LogP contribution in [-0.2, 0) is 6.42 Å². The standard InChI is InChI=1S/C18H24N2S/c1-4-16-12(3)21-18(20-16)17(19-5-2)15-10-8-14(9-11-15)13-6-7-13/h8-11,13,17,19H,4-7H2,1-3H3. The van der Waals surface area contributed by atoms with E-state index in [-0.39, 0.29) is 6.04 Å². The van der Waals surface area contributed by atoms with Crippen LogP contribution in [0.25, 0.3) is 0 Å². The highest BCUT2D eigenvalue weighted by molar-refractivity contribution is 7.11. The van der Waals surface area contributed by atoms with Crippen LogP contribution in [0.1, 0.15) is 65.4 Å². The van der Waals surface area contributed by atoms with Crippen LogP contribution in [0.4, 0.5) is 0 Å². The van der Waals surface area contributed by atoms with Gasteiger partial charge in [0.1, 0.15) is 5.01 Å². The molecule has 0 radical (unpaired) electrons. The maximum atomic E-state index is 4.85. The first-order chi connectivity index (χ1) is 10.2. The van der Waals surface area contributed by atoms with Gasteiger partial charge < -0.3 is 5.32 Å². The second-order valence-electron chi connectivity index (χ2n) is 5.84. The molecule has 1 saturated carbocycles. The summed E-state index contributed by atoms with van der Waals surface area (Å²) < 4.78 is 0. The zero-order chi connectivity index (χ0) is 14.8. The predicted octanol–water partition coefficient (Wildman–Crippen LogP) is 4.59. The molecular weight excluding hydrogens is 276 g/mol. The lowest BCUT2D eigenvalue weighted by Gasteiger charge is -2.16. The zero-order valence-corrected chi connectivity index (χ0v) is 14.0. The number of thiazole rings is 1. The van der Waals surface area contributed by atoms with E-state index in [0.717, 1.165) is 18.9 Å². The number of hydrogen-bond acceptors (Lipinski definition) is 3. The van der Waals surface area contributed by atoms with Crippen molar-refractivity contribution in [1.82, 2.24) is 10.3 Å². The van der Waals surface area contributed by atoms with Crippen LogP contribution in [0.2, 0.25) is 0 Å². The fraction of sp³-hybridized carbons (Fsp3) is 0.500. The lowest BCUT2D eigenvalue weighted by Crippen LogP contribution is -2.21. The number of aryl methyl sites for hydroxylation is 2. The summed E-state index contributed by atoms with van der Waals surface area (Å²) in [5, 5.41) is 4.79. The van der Waals surface area contributed by atoms with Crippen molar-refractivity contribution in [2.24, 2.45) is 0 Å². The minimum atomic E-state index is 0.229. The highest BCUT2D eigenvalue weighted by Gasteiger charge is 2.24. The molecule has 0 amide bonds. The summed E-state index contributed by atoms with van der Waals surface area (Å²) in [6.07, 6.45) is 3.74. The van der Waals surface area contributed by atoms with Gasteiger partial charge >= 0.3 is 0 Å². The van der Waals surface area contributed by atoms with Crippen LogP contribution in [0.5, 0.6) is 0 Å². The molecule has 3 rings (SSSR count). The van der Waals surface area contributed by atoms with Crippen molar-refractivity contribution >= 4 is 11.3 Å². The van der Waals surface area contributed by atoms with Crippen LogP contribution in [0.3, 0.4) is 0 Å². The molecule has 1 aromatic carbocycles. The van der Waals surface area contributed by atoms with Gasteiger partial charge in [-0.3, -0.25) is 0 Å². The quantitative estimate of drug-likeness (QED) is 0.844. The number of benzene rings is 1. The van der Waals surface area contributed by atoms with Gasteiger partial charge in [-0.25, -0.2) is 4.98 Å². The Morgan fingerprint density at radius 1 is 1.24 bits per heavy atom. The van der Waals surface area contributed by atoms with Gasteiger partial charge in [-0.1, -0.05) is 38.1 Å². The van der Waals surface area contributed by atoms with Crippen LogP contribution in [0, 0.1) is 6.92 Å². The van der Waals surface area contributed by atoms with Crippen LogP contribution < -0.4 is 5.32 Å². The van der Waals surface area contributed by atoms with Gasteiger partial charge in [0.2, 0.25) is 0 Å². The van der Waals surface area contributed by atoms with E-state index in [2.05, 4.69) is 50.4 Å². The molecule has 1 aromatic heterocycles. The summed E-state index contributed by atoms with van der Waals surface area (Å²) in [6.45, 7) is 7.47. The average Bonchev–Trinajstić information content (AvgIpc) is 3.28. The largest absolute Gasteiger partial charge is 0.305 e. The summed E-state index contributed by atoms with van der Waals surface area (Å²) in [5.74, 6) is 0.824. The maximum Gasteiger partial charge on any atom is 0.115 e. The molecule has 0 aliphatic heterocycles.